The molecule has 2 aromatic rings. The molecule has 0 aromatic heterocycles. The molecular formula is C30H33N3O11. The lowest BCUT2D eigenvalue weighted by Gasteiger charge is -2.43. The topological polar surface area (TPSA) is 168 Å². The molecule has 2 amide bonds. The molecule has 14 heteroatoms. The molecular weight excluding hydrogens is 578 g/mol. The molecule has 0 saturated carbocycles. The summed E-state index contributed by atoms with van der Waals surface area (Å²) in [5, 5.41) is 6.71. The van der Waals surface area contributed by atoms with Crippen LogP contribution in [0.15, 0.2) is 59.8 Å². The van der Waals surface area contributed by atoms with Gasteiger partial charge in [0.05, 0.1) is 12.2 Å². The summed E-state index contributed by atoms with van der Waals surface area (Å²) in [6.07, 6.45) is -5.30. The van der Waals surface area contributed by atoms with Gasteiger partial charge in [0.25, 0.3) is 12.2 Å². The third-order valence-corrected chi connectivity index (χ3v) is 6.54. The van der Waals surface area contributed by atoms with Crippen molar-refractivity contribution in [2.45, 2.75) is 58.3 Å². The number of carbonyl (C=O) groups excluding carboxylic acids is 5. The van der Waals surface area contributed by atoms with Gasteiger partial charge in [-0.05, 0) is 18.2 Å². The summed E-state index contributed by atoms with van der Waals surface area (Å²) in [6, 6.07) is 14.9. The number of esters is 3. The fourth-order valence-corrected chi connectivity index (χ4v) is 4.83. The van der Waals surface area contributed by atoms with Crippen molar-refractivity contribution in [3.63, 3.8) is 0 Å². The van der Waals surface area contributed by atoms with Crippen molar-refractivity contribution in [2.24, 2.45) is 5.16 Å². The molecule has 5 atom stereocenters. The Balaban J connectivity index is 1.62. The molecule has 2 aromatic carbocycles. The Hall–Kier alpha value is -4.98. The van der Waals surface area contributed by atoms with Gasteiger partial charge < -0.3 is 38.7 Å². The molecule has 234 valence electrons. The number of amides is 2. The molecule has 0 spiro atoms. The Bertz CT molecular complexity index is 1410. The first kappa shape index (κ1) is 31.9. The summed E-state index contributed by atoms with van der Waals surface area (Å²) >= 11 is 0. The van der Waals surface area contributed by atoms with Crippen LogP contribution in [0.1, 0.15) is 33.3 Å². The first-order valence-corrected chi connectivity index (χ1v) is 13.8. The van der Waals surface area contributed by atoms with E-state index in [0.29, 0.717) is 17.0 Å². The van der Waals surface area contributed by atoms with Gasteiger partial charge in [0.1, 0.15) is 31.1 Å². The molecule has 5 unspecified atom stereocenters. The van der Waals surface area contributed by atoms with E-state index >= 15 is 0 Å². The highest BCUT2D eigenvalue weighted by atomic mass is 16.8. The van der Waals surface area contributed by atoms with Crippen LogP contribution in [0.2, 0.25) is 0 Å². The maximum atomic E-state index is 13.5. The zero-order valence-corrected chi connectivity index (χ0v) is 24.6. The number of nitrogens with one attached hydrogen (secondary N) is 1. The lowest BCUT2D eigenvalue weighted by molar-refractivity contribution is -0.278. The number of benzene rings is 2. The van der Waals surface area contributed by atoms with Gasteiger partial charge in [0.15, 0.2) is 17.9 Å². The van der Waals surface area contributed by atoms with E-state index in [1.807, 2.05) is 18.2 Å². The molecule has 2 heterocycles. The van der Waals surface area contributed by atoms with Gasteiger partial charge in [-0.15, -0.1) is 0 Å². The summed E-state index contributed by atoms with van der Waals surface area (Å²) in [6.45, 7) is 4.65. The first-order chi connectivity index (χ1) is 21.0. The third-order valence-electron chi connectivity index (χ3n) is 6.54. The van der Waals surface area contributed by atoms with Crippen LogP contribution in [-0.2, 0) is 47.8 Å². The smallest absolute Gasteiger partial charge is 0.303 e. The van der Waals surface area contributed by atoms with E-state index in [-0.39, 0.29) is 18.9 Å². The minimum absolute atomic E-state index is 0.0480. The van der Waals surface area contributed by atoms with Crippen LogP contribution in [0.3, 0.4) is 0 Å². The van der Waals surface area contributed by atoms with Crippen molar-refractivity contribution in [1.29, 1.82) is 0 Å². The lowest BCUT2D eigenvalue weighted by atomic mass is 9.96. The molecule has 44 heavy (non-hydrogen) atoms. The maximum Gasteiger partial charge on any atom is 0.303 e. The largest absolute Gasteiger partial charge is 0.492 e. The predicted molar refractivity (Wildman–Crippen MR) is 152 cm³/mol. The molecule has 4 rings (SSSR count). The number of ether oxygens (including phenoxy) is 5. The Morgan fingerprint density at radius 2 is 1.55 bits per heavy atom. The number of para-hydroxylation sites is 2. The molecule has 14 nitrogen and oxygen atoms in total. The Kier molecular flexibility index (Phi) is 10.5. The highest BCUT2D eigenvalue weighted by Crippen LogP contribution is 2.31. The minimum Gasteiger partial charge on any atom is -0.492 e. The van der Waals surface area contributed by atoms with Gasteiger partial charge in [0.2, 0.25) is 5.91 Å². The number of hydrogen-bond donors (Lipinski definition) is 1. The van der Waals surface area contributed by atoms with Gasteiger partial charge in [-0.3, -0.25) is 24.0 Å². The predicted octanol–water partition coefficient (Wildman–Crippen LogP) is 1.49. The summed E-state index contributed by atoms with van der Waals surface area (Å²) in [5.74, 6) is -2.51. The fourth-order valence-electron chi connectivity index (χ4n) is 4.83. The first-order valence-electron chi connectivity index (χ1n) is 13.8. The molecule has 2 aliphatic heterocycles. The van der Waals surface area contributed by atoms with Gasteiger partial charge in [0, 0.05) is 33.3 Å². The fraction of sp³-hybridized carbons (Fsp3) is 0.400. The van der Waals surface area contributed by atoms with Crippen molar-refractivity contribution < 1.29 is 52.5 Å². The Morgan fingerprint density at radius 1 is 0.886 bits per heavy atom. The van der Waals surface area contributed by atoms with Gasteiger partial charge >= 0.3 is 17.9 Å². The van der Waals surface area contributed by atoms with E-state index in [1.165, 1.54) is 18.7 Å². The van der Waals surface area contributed by atoms with Gasteiger partial charge in [-0.25, -0.2) is 0 Å². The second-order valence-electron chi connectivity index (χ2n) is 9.90. The molecule has 1 saturated heterocycles. The molecule has 1 N–H and O–H groups in total. The van der Waals surface area contributed by atoms with Crippen molar-refractivity contribution >= 4 is 41.1 Å². The summed E-state index contributed by atoms with van der Waals surface area (Å²) in [7, 11) is 0. The Morgan fingerprint density at radius 3 is 2.20 bits per heavy atom. The number of anilines is 1. The van der Waals surface area contributed by atoms with E-state index in [2.05, 4.69) is 10.5 Å². The highest BCUT2D eigenvalue weighted by molar-refractivity contribution is 6.54. The number of nitrogens with zero attached hydrogens (tertiary/aromatic N) is 2. The zero-order chi connectivity index (χ0) is 31.8. The number of hydrogen-bond acceptors (Lipinski definition) is 12. The standard InChI is InChI=1S/C30H33N3O11/c1-17(34)31-26-28(42-20(4)37)27(41-19(3)36)24(16-40-18(2)35)43-30(26)44-32-25-22-12-8-9-13-23(22)33(29(25)38)14-15-39-21-10-6-5-7-11-21/h5-13,24,26-28,30H,14-16H2,1-4H3,(H,31,34). The normalized spacial score (nSPS) is 23.4. The van der Waals surface area contributed by atoms with Crippen molar-refractivity contribution in [2.75, 3.05) is 24.7 Å². The van der Waals surface area contributed by atoms with Crippen LogP contribution >= 0.6 is 0 Å². The average molecular weight is 612 g/mol. The van der Waals surface area contributed by atoms with E-state index in [9.17, 15) is 24.0 Å². The quantitative estimate of drug-likeness (QED) is 0.222. The zero-order valence-electron chi connectivity index (χ0n) is 24.6. The maximum absolute atomic E-state index is 13.5. The molecule has 1 fully saturated rings. The summed E-state index contributed by atoms with van der Waals surface area (Å²) in [5.41, 5.74) is 1.02. The number of rotatable bonds is 11. The van der Waals surface area contributed by atoms with Crippen LogP contribution in [0.25, 0.3) is 0 Å². The van der Waals surface area contributed by atoms with Gasteiger partial charge in [-0.1, -0.05) is 41.6 Å². The molecule has 0 aliphatic carbocycles. The SMILES string of the molecule is CC(=O)NC1C(ON=C2C(=O)N(CCOc3ccccc3)c3ccccc32)OC(COC(C)=O)C(OC(C)=O)C1OC(C)=O. The molecule has 0 bridgehead atoms. The third kappa shape index (κ3) is 7.89. The van der Waals surface area contributed by atoms with Crippen LogP contribution < -0.4 is 15.0 Å². The number of carbonyl (C=O) groups is 5. The lowest BCUT2D eigenvalue weighted by Crippen LogP contribution is -2.66. The van der Waals surface area contributed by atoms with Crippen molar-refractivity contribution in [3.8, 4) is 5.75 Å². The Labute approximate surface area is 253 Å². The second-order valence-corrected chi connectivity index (χ2v) is 9.90. The number of fused-ring (bicyclic) bond motifs is 1. The summed E-state index contributed by atoms with van der Waals surface area (Å²) in [4.78, 5) is 68.6. The van der Waals surface area contributed by atoms with E-state index in [4.69, 9.17) is 28.5 Å². The van der Waals surface area contributed by atoms with Crippen molar-refractivity contribution in [3.05, 3.63) is 60.2 Å². The molecule has 0 radical (unpaired) electrons. The highest BCUT2D eigenvalue weighted by Gasteiger charge is 2.52. The second kappa shape index (κ2) is 14.5. The van der Waals surface area contributed by atoms with E-state index < -0.39 is 67.0 Å². The molecule has 2 aliphatic rings. The minimum atomic E-state index is -1.47. The average Bonchev–Trinajstić information content (AvgIpc) is 3.23. The number of oxime groups is 1. The van der Waals surface area contributed by atoms with Crippen LogP contribution in [0, 0.1) is 0 Å². The van der Waals surface area contributed by atoms with Crippen LogP contribution in [-0.4, -0.2) is 85.8 Å². The monoisotopic (exact) mass is 611 g/mol. The van der Waals surface area contributed by atoms with E-state index in [0.717, 1.165) is 13.8 Å². The van der Waals surface area contributed by atoms with Gasteiger partial charge in [-0.2, -0.15) is 0 Å². The summed E-state index contributed by atoms with van der Waals surface area (Å²) < 4.78 is 27.7. The van der Waals surface area contributed by atoms with Crippen LogP contribution in [0.4, 0.5) is 5.69 Å². The van der Waals surface area contributed by atoms with Crippen LogP contribution in [0.5, 0.6) is 5.75 Å². The van der Waals surface area contributed by atoms with Crippen molar-refractivity contribution in [1.82, 2.24) is 5.32 Å². The van der Waals surface area contributed by atoms with E-state index in [1.54, 1.807) is 36.4 Å².